The van der Waals surface area contributed by atoms with E-state index in [1.807, 2.05) is 12.1 Å². The minimum absolute atomic E-state index is 0.393. The fourth-order valence-corrected chi connectivity index (χ4v) is 1.67. The fraction of sp³-hybridized carbons (Fsp3) is 0.400. The number of methoxy groups -OCH3 is 1. The van der Waals surface area contributed by atoms with Gasteiger partial charge in [0, 0.05) is 12.0 Å². The van der Waals surface area contributed by atoms with E-state index in [0.29, 0.717) is 6.61 Å². The minimum Gasteiger partial charge on any atom is -0.493 e. The molecule has 1 aliphatic rings. The first-order chi connectivity index (χ1) is 6.85. The van der Waals surface area contributed by atoms with Crippen LogP contribution in [-0.2, 0) is 17.9 Å². The second-order valence-electron chi connectivity index (χ2n) is 3.20. The van der Waals surface area contributed by atoms with Crippen LogP contribution in [0.4, 0.5) is 0 Å². The van der Waals surface area contributed by atoms with Crippen LogP contribution in [0.3, 0.4) is 0 Å². The predicted molar refractivity (Wildman–Crippen MR) is 51.2 cm³/mol. The second kappa shape index (κ2) is 3.86. The van der Waals surface area contributed by atoms with Crippen molar-refractivity contribution in [1.82, 2.24) is 0 Å². The molecule has 1 heterocycles. The molecule has 1 aromatic rings. The Morgan fingerprint density at radius 2 is 2.36 bits per heavy atom. The van der Waals surface area contributed by atoms with Gasteiger partial charge >= 0.3 is 0 Å². The Bertz CT molecular complexity index is 338. The lowest BCUT2D eigenvalue weighted by Crippen LogP contribution is -2.00. The SMILES string of the molecule is COc1cc(CON)cc2c1OCC2. The van der Waals surface area contributed by atoms with Crippen molar-refractivity contribution in [1.29, 1.82) is 0 Å². The molecule has 76 valence electrons. The highest BCUT2D eigenvalue weighted by Gasteiger charge is 2.18. The molecule has 2 N–H and O–H groups in total. The van der Waals surface area contributed by atoms with Crippen LogP contribution >= 0.6 is 0 Å². The first-order valence-electron chi connectivity index (χ1n) is 4.49. The summed E-state index contributed by atoms with van der Waals surface area (Å²) >= 11 is 0. The molecule has 4 heteroatoms. The molecule has 14 heavy (non-hydrogen) atoms. The van der Waals surface area contributed by atoms with Gasteiger partial charge in [0.05, 0.1) is 20.3 Å². The van der Waals surface area contributed by atoms with E-state index in [0.717, 1.165) is 35.7 Å². The van der Waals surface area contributed by atoms with E-state index in [4.69, 9.17) is 15.4 Å². The van der Waals surface area contributed by atoms with Crippen LogP contribution in [0.25, 0.3) is 0 Å². The van der Waals surface area contributed by atoms with Gasteiger partial charge in [-0.05, 0) is 17.7 Å². The summed E-state index contributed by atoms with van der Waals surface area (Å²) in [6.07, 6.45) is 0.921. The molecule has 0 aromatic heterocycles. The molecule has 0 aliphatic carbocycles. The maximum absolute atomic E-state index is 5.46. The average Bonchev–Trinajstić information content (AvgIpc) is 2.65. The third kappa shape index (κ3) is 1.54. The molecule has 2 rings (SSSR count). The van der Waals surface area contributed by atoms with Crippen molar-refractivity contribution in [3.05, 3.63) is 23.3 Å². The Balaban J connectivity index is 2.39. The van der Waals surface area contributed by atoms with Crippen LogP contribution in [0.5, 0.6) is 11.5 Å². The molecule has 0 bridgehead atoms. The number of nitrogens with two attached hydrogens (primary N) is 1. The zero-order valence-electron chi connectivity index (χ0n) is 8.08. The minimum atomic E-state index is 0.393. The lowest BCUT2D eigenvalue weighted by Gasteiger charge is -2.08. The standard InChI is InChI=1S/C10H13NO3/c1-12-9-5-7(6-14-11)4-8-2-3-13-10(8)9/h4-5H,2-3,6,11H2,1H3. The fourth-order valence-electron chi connectivity index (χ4n) is 1.67. The highest BCUT2D eigenvalue weighted by atomic mass is 16.6. The van der Waals surface area contributed by atoms with E-state index in [-0.39, 0.29) is 0 Å². The quantitative estimate of drug-likeness (QED) is 0.731. The highest BCUT2D eigenvalue weighted by molar-refractivity contribution is 5.51. The number of benzene rings is 1. The van der Waals surface area contributed by atoms with Gasteiger partial charge in [0.1, 0.15) is 0 Å². The van der Waals surface area contributed by atoms with Gasteiger partial charge in [0.25, 0.3) is 0 Å². The van der Waals surface area contributed by atoms with E-state index in [2.05, 4.69) is 4.84 Å². The largest absolute Gasteiger partial charge is 0.493 e. The predicted octanol–water partition coefficient (Wildman–Crippen LogP) is 1.02. The van der Waals surface area contributed by atoms with Gasteiger partial charge in [0.15, 0.2) is 11.5 Å². The molecule has 0 unspecified atom stereocenters. The molecule has 1 aromatic carbocycles. The van der Waals surface area contributed by atoms with Gasteiger partial charge in [-0.25, -0.2) is 5.90 Å². The van der Waals surface area contributed by atoms with Crippen LogP contribution in [0, 0.1) is 0 Å². The lowest BCUT2D eigenvalue weighted by atomic mass is 10.1. The van der Waals surface area contributed by atoms with Crippen LogP contribution in [0.1, 0.15) is 11.1 Å². The van der Waals surface area contributed by atoms with Crippen molar-refractivity contribution in [2.24, 2.45) is 5.90 Å². The van der Waals surface area contributed by atoms with Gasteiger partial charge in [-0.1, -0.05) is 0 Å². The number of fused-ring (bicyclic) bond motifs is 1. The summed E-state index contributed by atoms with van der Waals surface area (Å²) in [6, 6.07) is 3.93. The molecule has 0 saturated heterocycles. The van der Waals surface area contributed by atoms with Gasteiger partial charge in [-0.15, -0.1) is 0 Å². The average molecular weight is 195 g/mol. The van der Waals surface area contributed by atoms with Crippen LogP contribution in [0.15, 0.2) is 12.1 Å². The first kappa shape index (κ1) is 9.30. The summed E-state index contributed by atoms with van der Waals surface area (Å²) in [5.41, 5.74) is 2.17. The van der Waals surface area contributed by atoms with Crippen molar-refractivity contribution in [2.75, 3.05) is 13.7 Å². The van der Waals surface area contributed by atoms with Crippen LogP contribution in [0.2, 0.25) is 0 Å². The van der Waals surface area contributed by atoms with E-state index in [1.54, 1.807) is 7.11 Å². The van der Waals surface area contributed by atoms with Gasteiger partial charge < -0.3 is 9.47 Å². The third-order valence-electron chi connectivity index (χ3n) is 2.28. The Morgan fingerprint density at radius 1 is 1.50 bits per heavy atom. The smallest absolute Gasteiger partial charge is 0.164 e. The summed E-state index contributed by atoms with van der Waals surface area (Å²) in [4.78, 5) is 4.59. The summed E-state index contributed by atoms with van der Waals surface area (Å²) in [5.74, 6) is 6.64. The monoisotopic (exact) mass is 195 g/mol. The molecule has 0 amide bonds. The van der Waals surface area contributed by atoms with Crippen molar-refractivity contribution in [3.63, 3.8) is 0 Å². The Morgan fingerprint density at radius 3 is 3.07 bits per heavy atom. The molecule has 0 atom stereocenters. The molecule has 0 radical (unpaired) electrons. The Hall–Kier alpha value is -1.26. The molecule has 0 saturated carbocycles. The topological polar surface area (TPSA) is 53.7 Å². The molecule has 1 aliphatic heterocycles. The molecular formula is C10H13NO3. The van der Waals surface area contributed by atoms with Gasteiger partial charge in [0.2, 0.25) is 0 Å². The van der Waals surface area contributed by atoms with E-state index >= 15 is 0 Å². The zero-order valence-corrected chi connectivity index (χ0v) is 8.08. The van der Waals surface area contributed by atoms with Gasteiger partial charge in [-0.3, -0.25) is 4.84 Å². The summed E-state index contributed by atoms with van der Waals surface area (Å²) in [5, 5.41) is 0. The van der Waals surface area contributed by atoms with E-state index < -0.39 is 0 Å². The Labute approximate surface area is 82.5 Å². The maximum atomic E-state index is 5.46. The van der Waals surface area contributed by atoms with Crippen LogP contribution in [-0.4, -0.2) is 13.7 Å². The Kier molecular flexibility index (Phi) is 2.56. The summed E-state index contributed by atoms with van der Waals surface area (Å²) < 4.78 is 10.7. The van der Waals surface area contributed by atoms with Crippen molar-refractivity contribution in [2.45, 2.75) is 13.0 Å². The van der Waals surface area contributed by atoms with Gasteiger partial charge in [-0.2, -0.15) is 0 Å². The van der Waals surface area contributed by atoms with Crippen molar-refractivity contribution in [3.8, 4) is 11.5 Å². The number of hydrogen-bond donors (Lipinski definition) is 1. The van der Waals surface area contributed by atoms with E-state index in [9.17, 15) is 0 Å². The van der Waals surface area contributed by atoms with E-state index in [1.165, 1.54) is 0 Å². The normalized spacial score (nSPS) is 13.6. The maximum Gasteiger partial charge on any atom is 0.164 e. The summed E-state index contributed by atoms with van der Waals surface area (Å²) in [6.45, 7) is 1.11. The van der Waals surface area contributed by atoms with Crippen molar-refractivity contribution >= 4 is 0 Å². The lowest BCUT2D eigenvalue weighted by molar-refractivity contribution is 0.124. The first-order valence-corrected chi connectivity index (χ1v) is 4.49. The molecular weight excluding hydrogens is 182 g/mol. The molecule has 0 fully saturated rings. The second-order valence-corrected chi connectivity index (χ2v) is 3.20. The molecule has 4 nitrogen and oxygen atoms in total. The third-order valence-corrected chi connectivity index (χ3v) is 2.28. The van der Waals surface area contributed by atoms with Crippen LogP contribution < -0.4 is 15.4 Å². The summed E-state index contributed by atoms with van der Waals surface area (Å²) in [7, 11) is 1.63. The molecule has 0 spiro atoms. The number of rotatable bonds is 3. The highest BCUT2D eigenvalue weighted by Crippen LogP contribution is 2.36. The van der Waals surface area contributed by atoms with Crippen molar-refractivity contribution < 1.29 is 14.3 Å². The number of ether oxygens (including phenoxy) is 2. The number of hydrogen-bond acceptors (Lipinski definition) is 4. The zero-order chi connectivity index (χ0) is 9.97.